The molecule has 0 aromatic carbocycles. The van der Waals surface area contributed by atoms with Gasteiger partial charge in [0.2, 0.25) is 0 Å². The molecule has 1 aromatic rings. The van der Waals surface area contributed by atoms with E-state index in [4.69, 9.17) is 5.26 Å². The SMILES string of the molecule is CCNc1cnccc1C(=O)N(CCC#N)C1CC1. The third kappa shape index (κ3) is 3.22. The molecule has 100 valence electrons. The van der Waals surface area contributed by atoms with Gasteiger partial charge in [-0.2, -0.15) is 5.26 Å². The zero-order valence-electron chi connectivity index (χ0n) is 11.1. The highest BCUT2D eigenvalue weighted by atomic mass is 16.2. The zero-order valence-corrected chi connectivity index (χ0v) is 11.1. The van der Waals surface area contributed by atoms with Crippen LogP contribution in [0.2, 0.25) is 0 Å². The number of hydrogen-bond donors (Lipinski definition) is 1. The summed E-state index contributed by atoms with van der Waals surface area (Å²) in [4.78, 5) is 18.4. The van der Waals surface area contributed by atoms with Crippen molar-refractivity contribution in [2.75, 3.05) is 18.4 Å². The number of nitrogens with one attached hydrogen (secondary N) is 1. The average molecular weight is 258 g/mol. The Morgan fingerprint density at radius 3 is 3.05 bits per heavy atom. The lowest BCUT2D eigenvalue weighted by atomic mass is 10.2. The van der Waals surface area contributed by atoms with Crippen molar-refractivity contribution in [3.05, 3.63) is 24.0 Å². The topological polar surface area (TPSA) is 69.0 Å². The number of carbonyl (C=O) groups excluding carboxylic acids is 1. The first-order chi connectivity index (χ1) is 9.27. The van der Waals surface area contributed by atoms with Crippen molar-refractivity contribution in [3.63, 3.8) is 0 Å². The van der Waals surface area contributed by atoms with Gasteiger partial charge in [0.1, 0.15) is 0 Å². The van der Waals surface area contributed by atoms with Crippen molar-refractivity contribution < 1.29 is 4.79 Å². The molecule has 0 spiro atoms. The average Bonchev–Trinajstić information content (AvgIpc) is 3.24. The largest absolute Gasteiger partial charge is 0.383 e. The van der Waals surface area contributed by atoms with Crippen LogP contribution in [0.1, 0.15) is 36.5 Å². The van der Waals surface area contributed by atoms with Crippen LogP contribution in [0.3, 0.4) is 0 Å². The molecule has 1 saturated carbocycles. The third-order valence-electron chi connectivity index (χ3n) is 3.13. The molecule has 1 aliphatic rings. The molecule has 19 heavy (non-hydrogen) atoms. The van der Waals surface area contributed by atoms with Crippen LogP contribution >= 0.6 is 0 Å². The number of rotatable bonds is 6. The Balaban J connectivity index is 2.19. The second-order valence-electron chi connectivity index (χ2n) is 4.59. The minimum Gasteiger partial charge on any atom is -0.383 e. The molecule has 0 radical (unpaired) electrons. The van der Waals surface area contributed by atoms with E-state index < -0.39 is 0 Å². The van der Waals surface area contributed by atoms with E-state index in [1.54, 1.807) is 18.5 Å². The van der Waals surface area contributed by atoms with Crippen LogP contribution in [-0.4, -0.2) is 34.9 Å². The van der Waals surface area contributed by atoms with Crippen LogP contribution in [0.25, 0.3) is 0 Å². The highest BCUT2D eigenvalue weighted by molar-refractivity contribution is 5.99. The van der Waals surface area contributed by atoms with Gasteiger partial charge < -0.3 is 10.2 Å². The molecule has 5 nitrogen and oxygen atoms in total. The Kier molecular flexibility index (Phi) is 4.35. The fraction of sp³-hybridized carbons (Fsp3) is 0.500. The number of nitrogens with zero attached hydrogens (tertiary/aromatic N) is 3. The Bertz CT molecular complexity index is 490. The number of anilines is 1. The summed E-state index contributed by atoms with van der Waals surface area (Å²) < 4.78 is 0. The molecule has 0 unspecified atom stereocenters. The van der Waals surface area contributed by atoms with Crippen molar-refractivity contribution in [3.8, 4) is 6.07 Å². The van der Waals surface area contributed by atoms with E-state index in [0.29, 0.717) is 24.6 Å². The summed E-state index contributed by atoms with van der Waals surface area (Å²) in [7, 11) is 0. The van der Waals surface area contributed by atoms with Gasteiger partial charge in [-0.25, -0.2) is 0 Å². The van der Waals surface area contributed by atoms with E-state index in [9.17, 15) is 4.79 Å². The standard InChI is InChI=1S/C14H18N4O/c1-2-17-13-10-16-8-6-12(13)14(19)18(9-3-7-15)11-4-5-11/h6,8,10-11,17H,2-5,9H2,1H3. The fourth-order valence-electron chi connectivity index (χ4n) is 2.07. The van der Waals surface area contributed by atoms with Gasteiger partial charge in [-0.1, -0.05) is 0 Å². The Morgan fingerprint density at radius 1 is 1.63 bits per heavy atom. The lowest BCUT2D eigenvalue weighted by molar-refractivity contribution is 0.0747. The van der Waals surface area contributed by atoms with Gasteiger partial charge in [0, 0.05) is 25.3 Å². The summed E-state index contributed by atoms with van der Waals surface area (Å²) in [6.45, 7) is 3.23. The minimum absolute atomic E-state index is 0.00361. The highest BCUT2D eigenvalue weighted by Gasteiger charge is 2.33. The molecule has 0 aliphatic heterocycles. The number of carbonyl (C=O) groups is 1. The lowest BCUT2D eigenvalue weighted by Crippen LogP contribution is -2.34. The van der Waals surface area contributed by atoms with Gasteiger partial charge >= 0.3 is 0 Å². The van der Waals surface area contributed by atoms with Crippen LogP contribution in [0.4, 0.5) is 5.69 Å². The molecule has 1 heterocycles. The molecule has 5 heteroatoms. The molecule has 0 saturated heterocycles. The van der Waals surface area contributed by atoms with Gasteiger partial charge in [-0.05, 0) is 25.8 Å². The predicted molar refractivity (Wildman–Crippen MR) is 72.7 cm³/mol. The number of pyridine rings is 1. The Labute approximate surface area is 113 Å². The summed E-state index contributed by atoms with van der Waals surface area (Å²) in [5.41, 5.74) is 1.40. The van der Waals surface area contributed by atoms with Crippen LogP contribution in [0, 0.1) is 11.3 Å². The van der Waals surface area contributed by atoms with Crippen molar-refractivity contribution >= 4 is 11.6 Å². The molecule has 1 fully saturated rings. The van der Waals surface area contributed by atoms with E-state index >= 15 is 0 Å². The van der Waals surface area contributed by atoms with E-state index in [1.807, 2.05) is 11.8 Å². The van der Waals surface area contributed by atoms with Crippen LogP contribution in [-0.2, 0) is 0 Å². The van der Waals surface area contributed by atoms with Gasteiger partial charge in [0.25, 0.3) is 5.91 Å². The number of nitriles is 1. The molecule has 1 aliphatic carbocycles. The van der Waals surface area contributed by atoms with Crippen LogP contribution in [0.5, 0.6) is 0 Å². The van der Waals surface area contributed by atoms with Gasteiger partial charge in [-0.15, -0.1) is 0 Å². The first kappa shape index (κ1) is 13.3. The van der Waals surface area contributed by atoms with Crippen LogP contribution < -0.4 is 5.32 Å². The summed E-state index contributed by atoms with van der Waals surface area (Å²) in [5.74, 6) is -0.00361. The molecular formula is C14H18N4O. The second-order valence-corrected chi connectivity index (χ2v) is 4.59. The molecule has 0 atom stereocenters. The predicted octanol–water partition coefficient (Wildman–Crippen LogP) is 2.03. The summed E-state index contributed by atoms with van der Waals surface area (Å²) in [6.07, 6.45) is 5.76. The number of aromatic nitrogens is 1. The fourth-order valence-corrected chi connectivity index (χ4v) is 2.07. The molecule has 1 amide bonds. The van der Waals surface area contributed by atoms with Crippen molar-refractivity contribution in [2.24, 2.45) is 0 Å². The molecule has 0 bridgehead atoms. The first-order valence-corrected chi connectivity index (χ1v) is 6.63. The minimum atomic E-state index is -0.00361. The van der Waals surface area contributed by atoms with E-state index in [0.717, 1.165) is 25.1 Å². The first-order valence-electron chi connectivity index (χ1n) is 6.63. The molecule has 2 rings (SSSR count). The van der Waals surface area contributed by atoms with Crippen LogP contribution in [0.15, 0.2) is 18.5 Å². The molecule has 1 aromatic heterocycles. The summed E-state index contributed by atoms with van der Waals surface area (Å²) in [5, 5.41) is 11.9. The Morgan fingerprint density at radius 2 is 2.42 bits per heavy atom. The monoisotopic (exact) mass is 258 g/mol. The summed E-state index contributed by atoms with van der Waals surface area (Å²) >= 11 is 0. The maximum Gasteiger partial charge on any atom is 0.256 e. The summed E-state index contributed by atoms with van der Waals surface area (Å²) in [6, 6.07) is 4.15. The smallest absolute Gasteiger partial charge is 0.256 e. The number of hydrogen-bond acceptors (Lipinski definition) is 4. The normalized spacial score (nSPS) is 13.7. The van der Waals surface area contributed by atoms with E-state index in [2.05, 4.69) is 16.4 Å². The van der Waals surface area contributed by atoms with E-state index in [1.165, 1.54) is 0 Å². The number of amides is 1. The second kappa shape index (κ2) is 6.19. The highest BCUT2D eigenvalue weighted by Crippen LogP contribution is 2.29. The zero-order chi connectivity index (χ0) is 13.7. The van der Waals surface area contributed by atoms with Crippen molar-refractivity contribution in [1.82, 2.24) is 9.88 Å². The third-order valence-corrected chi connectivity index (χ3v) is 3.13. The van der Waals surface area contributed by atoms with Gasteiger partial charge in [0.05, 0.1) is 29.9 Å². The van der Waals surface area contributed by atoms with Gasteiger partial charge in [0.15, 0.2) is 0 Å². The van der Waals surface area contributed by atoms with Gasteiger partial charge in [-0.3, -0.25) is 9.78 Å². The van der Waals surface area contributed by atoms with E-state index in [-0.39, 0.29) is 5.91 Å². The maximum absolute atomic E-state index is 12.6. The maximum atomic E-state index is 12.6. The quantitative estimate of drug-likeness (QED) is 0.847. The molecule has 1 N–H and O–H groups in total. The lowest BCUT2D eigenvalue weighted by Gasteiger charge is -2.22. The van der Waals surface area contributed by atoms with Crippen molar-refractivity contribution in [2.45, 2.75) is 32.2 Å². The Hall–Kier alpha value is -2.09. The van der Waals surface area contributed by atoms with Crippen molar-refractivity contribution in [1.29, 1.82) is 5.26 Å². The molecular weight excluding hydrogens is 240 g/mol.